The zero-order valence-corrected chi connectivity index (χ0v) is 8.54. The van der Waals surface area contributed by atoms with Crippen LogP contribution in [0.25, 0.3) is 0 Å². The van der Waals surface area contributed by atoms with E-state index in [4.69, 9.17) is 0 Å². The molecule has 0 spiro atoms. The third-order valence-corrected chi connectivity index (χ3v) is 3.43. The zero-order chi connectivity index (χ0) is 10.3. The molecule has 0 fully saturated rings. The minimum atomic E-state index is -0.468. The quantitative estimate of drug-likeness (QED) is 0.548. The number of carbonyl (C=O) groups is 2. The lowest BCUT2D eigenvalue weighted by atomic mass is 9.62. The van der Waals surface area contributed by atoms with E-state index in [2.05, 4.69) is 0 Å². The van der Waals surface area contributed by atoms with Crippen molar-refractivity contribution in [3.63, 3.8) is 0 Å². The predicted molar refractivity (Wildman–Crippen MR) is 53.7 cm³/mol. The van der Waals surface area contributed by atoms with Gasteiger partial charge in [0, 0.05) is 11.3 Å². The molecule has 2 nitrogen and oxygen atoms in total. The molecule has 0 aromatic carbocycles. The molecular formula is C12H14O2. The van der Waals surface area contributed by atoms with Crippen molar-refractivity contribution < 1.29 is 9.59 Å². The monoisotopic (exact) mass is 190 g/mol. The van der Waals surface area contributed by atoms with Gasteiger partial charge in [-0.05, 0) is 31.4 Å². The van der Waals surface area contributed by atoms with Gasteiger partial charge in [-0.3, -0.25) is 9.59 Å². The summed E-state index contributed by atoms with van der Waals surface area (Å²) in [5.74, 6) is 0.143. The molecule has 2 aliphatic rings. The largest absolute Gasteiger partial charge is 0.294 e. The highest BCUT2D eigenvalue weighted by molar-refractivity contribution is 6.12. The lowest BCUT2D eigenvalue weighted by molar-refractivity contribution is -0.136. The van der Waals surface area contributed by atoms with Gasteiger partial charge in [-0.25, -0.2) is 0 Å². The number of hydrogen-bond donors (Lipinski definition) is 0. The smallest absolute Gasteiger partial charge is 0.165 e. The van der Waals surface area contributed by atoms with Gasteiger partial charge in [-0.2, -0.15) is 0 Å². The average Bonchev–Trinajstić information content (AvgIpc) is 2.15. The summed E-state index contributed by atoms with van der Waals surface area (Å²) in [6, 6.07) is 0. The second kappa shape index (κ2) is 2.91. The molecule has 0 N–H and O–H groups in total. The minimum Gasteiger partial charge on any atom is -0.294 e. The molecule has 0 saturated heterocycles. The Kier molecular flexibility index (Phi) is 1.95. The van der Waals surface area contributed by atoms with Crippen LogP contribution in [0.4, 0.5) is 0 Å². The number of Topliss-reactive ketones (excluding diaryl/α,β-unsaturated/α-hetero) is 1. The third kappa shape index (κ3) is 1.10. The number of hydrogen-bond acceptors (Lipinski definition) is 2. The van der Waals surface area contributed by atoms with Crippen molar-refractivity contribution in [2.75, 3.05) is 0 Å². The SMILES string of the molecule is CC1=CC(=O)C2CC=CCC2(C)C1=O. The van der Waals surface area contributed by atoms with Gasteiger partial charge in [0.1, 0.15) is 0 Å². The molecule has 2 rings (SSSR count). The maximum Gasteiger partial charge on any atom is 0.165 e. The van der Waals surface area contributed by atoms with Crippen LogP contribution in [0.1, 0.15) is 26.7 Å². The van der Waals surface area contributed by atoms with Crippen molar-refractivity contribution in [2.45, 2.75) is 26.7 Å². The Bertz CT molecular complexity index is 363. The Hall–Kier alpha value is -1.18. The molecule has 0 heterocycles. The van der Waals surface area contributed by atoms with Crippen molar-refractivity contribution >= 4 is 11.6 Å². The number of rotatable bonds is 0. The molecule has 0 radical (unpaired) electrons. The molecule has 0 amide bonds. The molecule has 0 aliphatic heterocycles. The van der Waals surface area contributed by atoms with Crippen molar-refractivity contribution in [2.24, 2.45) is 11.3 Å². The number of carbonyl (C=O) groups excluding carboxylic acids is 2. The first-order valence-corrected chi connectivity index (χ1v) is 4.97. The Morgan fingerprint density at radius 3 is 2.79 bits per heavy atom. The van der Waals surface area contributed by atoms with Gasteiger partial charge in [0.15, 0.2) is 11.6 Å². The van der Waals surface area contributed by atoms with Gasteiger partial charge in [0.25, 0.3) is 0 Å². The van der Waals surface area contributed by atoms with Crippen molar-refractivity contribution in [1.82, 2.24) is 0 Å². The van der Waals surface area contributed by atoms with Crippen LogP contribution in [-0.2, 0) is 9.59 Å². The highest BCUT2D eigenvalue weighted by Gasteiger charge is 2.47. The molecule has 2 atom stereocenters. The van der Waals surface area contributed by atoms with Crippen LogP contribution in [-0.4, -0.2) is 11.6 Å². The lowest BCUT2D eigenvalue weighted by Crippen LogP contribution is -2.44. The summed E-state index contributed by atoms with van der Waals surface area (Å²) in [7, 11) is 0. The summed E-state index contributed by atoms with van der Waals surface area (Å²) in [6.45, 7) is 3.65. The number of ketones is 2. The van der Waals surface area contributed by atoms with E-state index in [1.807, 2.05) is 19.1 Å². The zero-order valence-electron chi connectivity index (χ0n) is 8.54. The summed E-state index contributed by atoms with van der Waals surface area (Å²) in [6.07, 6.45) is 6.94. The van der Waals surface area contributed by atoms with Gasteiger partial charge in [-0.1, -0.05) is 19.1 Å². The molecule has 0 aromatic rings. The van der Waals surface area contributed by atoms with Crippen molar-refractivity contribution in [3.8, 4) is 0 Å². The third-order valence-electron chi connectivity index (χ3n) is 3.43. The second-order valence-electron chi connectivity index (χ2n) is 4.44. The fourth-order valence-electron chi connectivity index (χ4n) is 2.47. The summed E-state index contributed by atoms with van der Waals surface area (Å²) >= 11 is 0. The fourth-order valence-corrected chi connectivity index (χ4v) is 2.47. The lowest BCUT2D eigenvalue weighted by Gasteiger charge is -2.39. The van der Waals surface area contributed by atoms with Gasteiger partial charge >= 0.3 is 0 Å². The molecular weight excluding hydrogens is 176 g/mol. The summed E-state index contributed by atoms with van der Waals surface area (Å²) in [5, 5.41) is 0. The molecule has 0 saturated carbocycles. The Morgan fingerprint density at radius 1 is 1.36 bits per heavy atom. The van der Waals surface area contributed by atoms with Gasteiger partial charge in [0.2, 0.25) is 0 Å². The van der Waals surface area contributed by atoms with Crippen LogP contribution in [0.2, 0.25) is 0 Å². The first-order chi connectivity index (χ1) is 6.55. The van der Waals surface area contributed by atoms with Crippen LogP contribution >= 0.6 is 0 Å². The van der Waals surface area contributed by atoms with E-state index in [1.165, 1.54) is 6.08 Å². The minimum absolute atomic E-state index is 0.119. The van der Waals surface area contributed by atoms with E-state index >= 15 is 0 Å². The molecule has 2 heteroatoms. The van der Waals surface area contributed by atoms with Gasteiger partial charge in [-0.15, -0.1) is 0 Å². The summed E-state index contributed by atoms with van der Waals surface area (Å²) in [5.41, 5.74) is 0.147. The highest BCUT2D eigenvalue weighted by atomic mass is 16.1. The van der Waals surface area contributed by atoms with Crippen LogP contribution in [0.3, 0.4) is 0 Å². The van der Waals surface area contributed by atoms with Crippen molar-refractivity contribution in [3.05, 3.63) is 23.8 Å². The fraction of sp³-hybridized carbons (Fsp3) is 0.500. The topological polar surface area (TPSA) is 34.1 Å². The first kappa shape index (κ1) is 9.38. The number of allylic oxidation sites excluding steroid dienone is 4. The summed E-state index contributed by atoms with van der Waals surface area (Å²) in [4.78, 5) is 23.7. The normalized spacial score (nSPS) is 36.7. The highest BCUT2D eigenvalue weighted by Crippen LogP contribution is 2.43. The molecule has 74 valence electrons. The molecule has 14 heavy (non-hydrogen) atoms. The van der Waals surface area contributed by atoms with E-state index in [0.29, 0.717) is 18.4 Å². The van der Waals surface area contributed by atoms with Crippen LogP contribution < -0.4 is 0 Å². The first-order valence-electron chi connectivity index (χ1n) is 4.97. The molecule has 0 aromatic heterocycles. The van der Waals surface area contributed by atoms with Crippen LogP contribution in [0.15, 0.2) is 23.8 Å². The molecule has 2 unspecified atom stereocenters. The Balaban J connectivity index is 2.50. The average molecular weight is 190 g/mol. The van der Waals surface area contributed by atoms with E-state index in [0.717, 1.165) is 0 Å². The van der Waals surface area contributed by atoms with Crippen LogP contribution in [0, 0.1) is 11.3 Å². The molecule has 2 aliphatic carbocycles. The second-order valence-corrected chi connectivity index (χ2v) is 4.44. The Labute approximate surface area is 83.7 Å². The predicted octanol–water partition coefficient (Wildman–Crippen LogP) is 2.06. The van der Waals surface area contributed by atoms with E-state index < -0.39 is 5.41 Å². The Morgan fingerprint density at radius 2 is 2.07 bits per heavy atom. The number of fused-ring (bicyclic) bond motifs is 1. The van der Waals surface area contributed by atoms with Gasteiger partial charge < -0.3 is 0 Å². The van der Waals surface area contributed by atoms with E-state index in [9.17, 15) is 9.59 Å². The van der Waals surface area contributed by atoms with Crippen LogP contribution in [0.5, 0.6) is 0 Å². The van der Waals surface area contributed by atoms with Crippen molar-refractivity contribution in [1.29, 1.82) is 0 Å². The van der Waals surface area contributed by atoms with Gasteiger partial charge in [0.05, 0.1) is 0 Å². The van der Waals surface area contributed by atoms with E-state index in [-0.39, 0.29) is 17.5 Å². The standard InChI is InChI=1S/C12H14O2/c1-8-7-10(13)9-5-3-4-6-12(9,2)11(8)14/h3-4,7,9H,5-6H2,1-2H3. The molecule has 0 bridgehead atoms. The maximum atomic E-state index is 12.0. The maximum absolute atomic E-state index is 12.0. The summed E-state index contributed by atoms with van der Waals surface area (Å²) < 4.78 is 0. The van der Waals surface area contributed by atoms with E-state index in [1.54, 1.807) is 6.92 Å².